The Hall–Kier alpha value is -0.120. The van der Waals surface area contributed by atoms with Crippen molar-refractivity contribution in [3.8, 4) is 0 Å². The first-order chi connectivity index (χ1) is 12.9. The summed E-state index contributed by atoms with van der Waals surface area (Å²) < 4.78 is 0. The first-order valence-corrected chi connectivity index (χ1v) is 12.1. The lowest BCUT2D eigenvalue weighted by Gasteiger charge is -2.36. The lowest BCUT2D eigenvalue weighted by Crippen LogP contribution is -2.36. The van der Waals surface area contributed by atoms with Crippen molar-refractivity contribution in [1.82, 2.24) is 15.1 Å². The highest BCUT2D eigenvalue weighted by Gasteiger charge is 2.24. The van der Waals surface area contributed by atoms with Gasteiger partial charge in [-0.15, -0.1) is 0 Å². The van der Waals surface area contributed by atoms with E-state index in [4.69, 9.17) is 0 Å². The predicted octanol–water partition coefficient (Wildman–Crippen LogP) is 5.26. The van der Waals surface area contributed by atoms with E-state index < -0.39 is 0 Å². The van der Waals surface area contributed by atoms with Gasteiger partial charge >= 0.3 is 0 Å². The number of hydrogen-bond donors (Lipinski definition) is 1. The Labute approximate surface area is 171 Å². The highest BCUT2D eigenvalue weighted by Crippen LogP contribution is 2.32. The average Bonchev–Trinajstić information content (AvgIpc) is 2.66. The van der Waals surface area contributed by atoms with Gasteiger partial charge in [0.05, 0.1) is 0 Å². The van der Waals surface area contributed by atoms with Gasteiger partial charge in [0.15, 0.2) is 0 Å². The van der Waals surface area contributed by atoms with Crippen LogP contribution in [0, 0.1) is 17.3 Å². The van der Waals surface area contributed by atoms with Gasteiger partial charge in [-0.05, 0) is 108 Å². The molecule has 2 saturated heterocycles. The van der Waals surface area contributed by atoms with Crippen molar-refractivity contribution in [2.24, 2.45) is 17.3 Å². The Morgan fingerprint density at radius 3 is 1.74 bits per heavy atom. The number of likely N-dealkylation sites (tertiary alicyclic amines) is 2. The molecular weight excluding hydrogens is 330 g/mol. The monoisotopic (exact) mass is 381 g/mol. The number of piperidine rings is 2. The summed E-state index contributed by atoms with van der Waals surface area (Å²) in [5.41, 5.74) is 0.617. The third-order valence-electron chi connectivity index (χ3n) is 6.71. The fourth-order valence-electron chi connectivity index (χ4n) is 4.33. The van der Waals surface area contributed by atoms with Gasteiger partial charge in [0.25, 0.3) is 0 Å². The summed E-state index contributed by atoms with van der Waals surface area (Å²) in [7, 11) is 0. The molecule has 3 aliphatic rings. The van der Waals surface area contributed by atoms with Crippen molar-refractivity contribution in [1.29, 1.82) is 0 Å². The Balaban J connectivity index is 0.000000204. The molecule has 0 unspecified atom stereocenters. The highest BCUT2D eigenvalue weighted by atomic mass is 15.1. The van der Waals surface area contributed by atoms with Crippen LogP contribution in [0.25, 0.3) is 0 Å². The van der Waals surface area contributed by atoms with Crippen LogP contribution in [0.3, 0.4) is 0 Å². The van der Waals surface area contributed by atoms with Crippen LogP contribution in [-0.4, -0.2) is 62.2 Å². The highest BCUT2D eigenvalue weighted by molar-refractivity contribution is 4.78. The van der Waals surface area contributed by atoms with Crippen molar-refractivity contribution in [3.05, 3.63) is 0 Å². The van der Waals surface area contributed by atoms with E-state index in [1.54, 1.807) is 0 Å². The second-order valence-corrected chi connectivity index (χ2v) is 9.84. The molecule has 0 aromatic carbocycles. The molecule has 3 rings (SSSR count). The van der Waals surface area contributed by atoms with Crippen LogP contribution in [0.2, 0.25) is 0 Å². The van der Waals surface area contributed by atoms with E-state index in [1.807, 2.05) is 0 Å². The zero-order chi connectivity index (χ0) is 20.1. The van der Waals surface area contributed by atoms with Gasteiger partial charge in [0.1, 0.15) is 0 Å². The summed E-state index contributed by atoms with van der Waals surface area (Å²) in [5, 5.41) is 3.37. The quantitative estimate of drug-likeness (QED) is 0.700. The second kappa shape index (κ2) is 14.0. The third-order valence-corrected chi connectivity index (χ3v) is 6.71. The Morgan fingerprint density at radius 2 is 1.33 bits per heavy atom. The molecule has 27 heavy (non-hydrogen) atoms. The second-order valence-electron chi connectivity index (χ2n) is 9.84. The largest absolute Gasteiger partial charge is 0.317 e. The smallest absolute Gasteiger partial charge is 0.00138 e. The van der Waals surface area contributed by atoms with Gasteiger partial charge in [-0.25, -0.2) is 0 Å². The van der Waals surface area contributed by atoms with Gasteiger partial charge in [0.2, 0.25) is 0 Å². The number of nitrogens with one attached hydrogen (secondary N) is 1. The third kappa shape index (κ3) is 11.5. The zero-order valence-electron chi connectivity index (χ0n) is 19.7. The number of hydrogen-bond acceptors (Lipinski definition) is 3. The van der Waals surface area contributed by atoms with Gasteiger partial charge in [-0.3, -0.25) is 0 Å². The zero-order valence-corrected chi connectivity index (χ0v) is 19.7. The maximum Gasteiger partial charge on any atom is -0.00138 e. The van der Waals surface area contributed by atoms with Crippen molar-refractivity contribution in [2.45, 2.75) is 86.5 Å². The first kappa shape index (κ1) is 24.9. The van der Waals surface area contributed by atoms with Crippen molar-refractivity contribution < 1.29 is 0 Å². The molecular formula is C24H51N3. The molecule has 0 atom stereocenters. The Kier molecular flexibility index (Phi) is 12.9. The summed E-state index contributed by atoms with van der Waals surface area (Å²) >= 11 is 0. The molecule has 0 aromatic rings. The maximum absolute atomic E-state index is 3.37. The summed E-state index contributed by atoms with van der Waals surface area (Å²) in [4.78, 5) is 5.05. The van der Waals surface area contributed by atoms with Crippen LogP contribution in [0.15, 0.2) is 0 Å². The normalized spacial score (nSPS) is 28.2. The fraction of sp³-hybridized carbons (Fsp3) is 1.00. The van der Waals surface area contributed by atoms with Crippen LogP contribution in [0.1, 0.15) is 86.5 Å². The van der Waals surface area contributed by atoms with Gasteiger partial charge < -0.3 is 15.1 Å². The number of rotatable bonds is 5. The minimum Gasteiger partial charge on any atom is -0.317 e. The van der Waals surface area contributed by atoms with Gasteiger partial charge in [0, 0.05) is 0 Å². The summed E-state index contributed by atoms with van der Waals surface area (Å²) in [5.74, 6) is 2.01. The summed E-state index contributed by atoms with van der Waals surface area (Å²) in [6.07, 6.45) is 9.96. The molecule has 0 amide bonds. The molecule has 1 aliphatic carbocycles. The molecule has 0 aromatic heterocycles. The van der Waals surface area contributed by atoms with Crippen LogP contribution >= 0.6 is 0 Å². The van der Waals surface area contributed by atoms with Gasteiger partial charge in [-0.2, -0.15) is 0 Å². The molecule has 0 radical (unpaired) electrons. The maximum atomic E-state index is 3.37. The lowest BCUT2D eigenvalue weighted by atomic mass is 9.76. The van der Waals surface area contributed by atoms with E-state index in [1.165, 1.54) is 90.8 Å². The van der Waals surface area contributed by atoms with E-state index in [2.05, 4.69) is 56.7 Å². The molecule has 162 valence electrons. The van der Waals surface area contributed by atoms with Crippen molar-refractivity contribution >= 4 is 0 Å². The topological polar surface area (TPSA) is 18.5 Å². The first-order valence-electron chi connectivity index (χ1n) is 12.1. The molecule has 1 N–H and O–H groups in total. The predicted molar refractivity (Wildman–Crippen MR) is 122 cm³/mol. The van der Waals surface area contributed by atoms with Crippen LogP contribution < -0.4 is 5.32 Å². The average molecular weight is 382 g/mol. The molecule has 0 bridgehead atoms. The van der Waals surface area contributed by atoms with Crippen molar-refractivity contribution in [3.63, 3.8) is 0 Å². The van der Waals surface area contributed by atoms with Crippen LogP contribution in [-0.2, 0) is 0 Å². The van der Waals surface area contributed by atoms with E-state index >= 15 is 0 Å². The van der Waals surface area contributed by atoms with E-state index in [-0.39, 0.29) is 0 Å². The SMILES string of the molecule is CCN1CCC(C)(C)CC1.CCN1CCCCC1.CCNCC1CC(C)C1. The molecule has 3 fully saturated rings. The minimum absolute atomic E-state index is 0.617. The molecule has 2 heterocycles. The van der Waals surface area contributed by atoms with E-state index in [0.29, 0.717) is 5.41 Å². The summed E-state index contributed by atoms with van der Waals surface area (Å²) in [6, 6.07) is 0. The van der Waals surface area contributed by atoms with Crippen LogP contribution in [0.5, 0.6) is 0 Å². The van der Waals surface area contributed by atoms with Crippen molar-refractivity contribution in [2.75, 3.05) is 52.4 Å². The molecule has 3 nitrogen and oxygen atoms in total. The molecule has 3 heteroatoms. The van der Waals surface area contributed by atoms with Crippen LogP contribution in [0.4, 0.5) is 0 Å². The Morgan fingerprint density at radius 1 is 0.815 bits per heavy atom. The lowest BCUT2D eigenvalue weighted by molar-refractivity contribution is 0.138. The molecule has 2 aliphatic heterocycles. The van der Waals surface area contributed by atoms with E-state index in [9.17, 15) is 0 Å². The fourth-order valence-corrected chi connectivity index (χ4v) is 4.33. The standard InChI is InChI=1S/C9H19N.C8H17N.C7H15N/c1-4-10-7-5-9(2,3)6-8-10;1-3-9-6-8-4-7(2)5-8;1-2-8-6-4-3-5-7-8/h4-8H2,1-3H3;7-9H,3-6H2,1-2H3;2-7H2,1H3. The molecule has 0 spiro atoms. The van der Waals surface area contributed by atoms with E-state index in [0.717, 1.165) is 18.4 Å². The summed E-state index contributed by atoms with van der Waals surface area (Å²) in [6.45, 7) is 23.9. The molecule has 1 saturated carbocycles. The minimum atomic E-state index is 0.617. The number of nitrogens with zero attached hydrogens (tertiary/aromatic N) is 2. The Bertz CT molecular complexity index is 334. The van der Waals surface area contributed by atoms with Gasteiger partial charge in [-0.1, -0.05) is 48.0 Å².